The van der Waals surface area contributed by atoms with Crippen molar-refractivity contribution in [1.29, 1.82) is 0 Å². The van der Waals surface area contributed by atoms with Crippen LogP contribution in [0.4, 0.5) is 11.4 Å². The van der Waals surface area contributed by atoms with E-state index in [1.165, 1.54) is 4.90 Å². The fourth-order valence-corrected chi connectivity index (χ4v) is 4.56. The van der Waals surface area contributed by atoms with Gasteiger partial charge in [-0.05, 0) is 91.8 Å². The van der Waals surface area contributed by atoms with Gasteiger partial charge in [-0.3, -0.25) is 19.5 Å². The molecule has 0 bridgehead atoms. The Balaban J connectivity index is 1.54. The number of methoxy groups -OCH3 is 1. The van der Waals surface area contributed by atoms with E-state index in [0.29, 0.717) is 40.8 Å². The number of ether oxygens (including phenoxy) is 2. The molecule has 1 aliphatic rings. The molecule has 0 aliphatic carbocycles. The summed E-state index contributed by atoms with van der Waals surface area (Å²) in [5.41, 5.74) is 2.52. The topological polar surface area (TPSA) is 101 Å². The van der Waals surface area contributed by atoms with Gasteiger partial charge in [0.25, 0.3) is 5.91 Å². The monoisotopic (exact) mass is 532 g/mol. The summed E-state index contributed by atoms with van der Waals surface area (Å²) in [5, 5.41) is 3.14. The van der Waals surface area contributed by atoms with E-state index in [0.717, 1.165) is 5.56 Å². The number of anilines is 2. The highest BCUT2D eigenvalue weighted by Gasteiger charge is 2.44. The Hall–Kier alpha value is -4.31. The maximum absolute atomic E-state index is 13.6. The second kappa shape index (κ2) is 12.3. The molecule has 1 N–H and O–H groups in total. The van der Waals surface area contributed by atoms with E-state index in [-0.39, 0.29) is 24.8 Å². The van der Waals surface area contributed by atoms with Crippen molar-refractivity contribution in [2.45, 2.75) is 25.8 Å². The second-order valence-electron chi connectivity index (χ2n) is 8.52. The van der Waals surface area contributed by atoms with Crippen LogP contribution in [0.25, 0.3) is 0 Å². The molecule has 0 saturated carbocycles. The van der Waals surface area contributed by atoms with Gasteiger partial charge in [0.1, 0.15) is 11.8 Å². The minimum absolute atomic E-state index is 0.0846. The van der Waals surface area contributed by atoms with E-state index in [1.807, 2.05) is 12.1 Å². The fourth-order valence-electron chi connectivity index (χ4n) is 4.15. The van der Waals surface area contributed by atoms with Crippen LogP contribution in [0.1, 0.15) is 29.3 Å². The van der Waals surface area contributed by atoms with Gasteiger partial charge in [-0.1, -0.05) is 0 Å². The summed E-state index contributed by atoms with van der Waals surface area (Å²) in [7, 11) is 1.57. The molecule has 4 rings (SSSR count). The van der Waals surface area contributed by atoms with Gasteiger partial charge in [0.2, 0.25) is 5.91 Å². The number of amides is 2. The Bertz CT molecular complexity index is 1300. The number of hydrogen-bond donors (Lipinski definition) is 1. The first-order valence-corrected chi connectivity index (χ1v) is 12.6. The molecule has 0 spiro atoms. The third-order valence-corrected chi connectivity index (χ3v) is 6.52. The van der Waals surface area contributed by atoms with Crippen LogP contribution < -0.4 is 15.0 Å². The molecule has 0 radical (unpaired) electrons. The van der Waals surface area contributed by atoms with Crippen LogP contribution in [0.3, 0.4) is 0 Å². The van der Waals surface area contributed by atoms with Gasteiger partial charge >= 0.3 is 5.97 Å². The van der Waals surface area contributed by atoms with Gasteiger partial charge in [0, 0.05) is 24.6 Å². The van der Waals surface area contributed by atoms with Crippen LogP contribution in [-0.2, 0) is 20.7 Å². The fraction of sp³-hybridized carbons (Fsp3) is 0.250. The Kier molecular flexibility index (Phi) is 8.65. The highest BCUT2D eigenvalue weighted by atomic mass is 32.1. The molecule has 0 unspecified atom stereocenters. The molecule has 1 fully saturated rings. The molecule has 196 valence electrons. The van der Waals surface area contributed by atoms with E-state index in [2.05, 4.69) is 10.3 Å². The maximum Gasteiger partial charge on any atom is 0.338 e. The predicted octanol–water partition coefficient (Wildman–Crippen LogP) is 3.84. The third-order valence-electron chi connectivity index (χ3n) is 6.10. The van der Waals surface area contributed by atoms with Crippen molar-refractivity contribution in [2.75, 3.05) is 30.5 Å². The first-order valence-electron chi connectivity index (χ1n) is 12.2. The van der Waals surface area contributed by atoms with E-state index >= 15 is 0 Å². The molecule has 2 aromatic carbocycles. The number of aromatic nitrogens is 1. The number of carbonyl (C=O) groups is 3. The summed E-state index contributed by atoms with van der Waals surface area (Å²) >= 11 is 5.73. The maximum atomic E-state index is 13.6. The van der Waals surface area contributed by atoms with Crippen molar-refractivity contribution in [2.24, 2.45) is 0 Å². The number of pyridine rings is 1. The Morgan fingerprint density at radius 2 is 1.71 bits per heavy atom. The Labute approximate surface area is 226 Å². The highest BCUT2D eigenvalue weighted by molar-refractivity contribution is 7.80. The normalized spacial score (nSPS) is 14.9. The molecule has 38 heavy (non-hydrogen) atoms. The standard InChI is InChI=1S/C28H28N4O5S/c1-3-37-27(35)20-4-8-22(9-5-20)32-26(34)24(18-25(33)30-21-6-10-23(36-2)11-7-21)31(28(32)38)17-14-19-12-15-29-16-13-19/h4-13,15-16,24H,3,14,17-18H2,1-2H3,(H,30,33)/t24-/m0/s1. The third kappa shape index (κ3) is 6.15. The van der Waals surface area contributed by atoms with Gasteiger partial charge in [-0.25, -0.2) is 4.79 Å². The van der Waals surface area contributed by atoms with Crippen LogP contribution in [0.2, 0.25) is 0 Å². The summed E-state index contributed by atoms with van der Waals surface area (Å²) in [5.74, 6) is -0.393. The molecule has 2 heterocycles. The van der Waals surface area contributed by atoms with Crippen LogP contribution >= 0.6 is 12.2 Å². The van der Waals surface area contributed by atoms with Crippen LogP contribution in [0.5, 0.6) is 5.75 Å². The number of carbonyl (C=O) groups excluding carboxylic acids is 3. The number of benzene rings is 2. The lowest BCUT2D eigenvalue weighted by Crippen LogP contribution is -2.39. The largest absolute Gasteiger partial charge is 0.497 e. The molecule has 1 atom stereocenters. The first-order chi connectivity index (χ1) is 18.4. The van der Waals surface area contributed by atoms with Crippen LogP contribution in [0.15, 0.2) is 73.1 Å². The van der Waals surface area contributed by atoms with Gasteiger partial charge in [0.05, 0.1) is 31.4 Å². The lowest BCUT2D eigenvalue weighted by Gasteiger charge is -2.24. The van der Waals surface area contributed by atoms with Gasteiger partial charge in [-0.2, -0.15) is 0 Å². The highest BCUT2D eigenvalue weighted by Crippen LogP contribution is 2.28. The summed E-state index contributed by atoms with van der Waals surface area (Å²) in [6, 6.07) is 16.5. The van der Waals surface area contributed by atoms with E-state index in [9.17, 15) is 14.4 Å². The molecule has 3 aromatic rings. The zero-order valence-corrected chi connectivity index (χ0v) is 21.9. The minimum atomic E-state index is -0.785. The van der Waals surface area contributed by atoms with Crippen molar-refractivity contribution < 1.29 is 23.9 Å². The number of thiocarbonyl (C=S) groups is 1. The zero-order chi connectivity index (χ0) is 27.1. The van der Waals surface area contributed by atoms with Crippen molar-refractivity contribution in [3.63, 3.8) is 0 Å². The average molecular weight is 533 g/mol. The summed E-state index contributed by atoms with van der Waals surface area (Å²) in [6.45, 7) is 2.44. The quantitative estimate of drug-likeness (QED) is 0.311. The summed E-state index contributed by atoms with van der Waals surface area (Å²) < 4.78 is 10.2. The number of nitrogens with one attached hydrogen (secondary N) is 1. The number of rotatable bonds is 10. The van der Waals surface area contributed by atoms with Crippen molar-refractivity contribution in [3.05, 3.63) is 84.2 Å². The summed E-state index contributed by atoms with van der Waals surface area (Å²) in [6.07, 6.45) is 3.95. The molecule has 1 aromatic heterocycles. The molecular formula is C28H28N4O5S. The van der Waals surface area contributed by atoms with Crippen molar-refractivity contribution in [3.8, 4) is 5.75 Å². The molecule has 9 nitrogen and oxygen atoms in total. The van der Waals surface area contributed by atoms with Crippen molar-refractivity contribution in [1.82, 2.24) is 9.88 Å². The van der Waals surface area contributed by atoms with Gasteiger partial charge in [-0.15, -0.1) is 0 Å². The molecule has 1 saturated heterocycles. The summed E-state index contributed by atoms with van der Waals surface area (Å²) in [4.78, 5) is 45.9. The SMILES string of the molecule is CCOC(=O)c1ccc(N2C(=O)[C@H](CC(=O)Nc3ccc(OC)cc3)N(CCc3ccncc3)C2=S)cc1. The second-order valence-corrected chi connectivity index (χ2v) is 8.88. The van der Waals surface area contributed by atoms with Gasteiger partial charge in [0.15, 0.2) is 5.11 Å². The smallest absolute Gasteiger partial charge is 0.338 e. The Morgan fingerprint density at radius 1 is 1.03 bits per heavy atom. The molecular weight excluding hydrogens is 504 g/mol. The lowest BCUT2D eigenvalue weighted by molar-refractivity contribution is -0.124. The van der Waals surface area contributed by atoms with E-state index < -0.39 is 12.0 Å². The number of nitrogens with zero attached hydrogens (tertiary/aromatic N) is 3. The number of hydrogen-bond acceptors (Lipinski definition) is 7. The Morgan fingerprint density at radius 3 is 2.34 bits per heavy atom. The molecule has 10 heteroatoms. The predicted molar refractivity (Wildman–Crippen MR) is 147 cm³/mol. The molecule has 2 amide bonds. The number of esters is 1. The van der Waals surface area contributed by atoms with E-state index in [1.54, 1.807) is 79.9 Å². The molecule has 1 aliphatic heterocycles. The zero-order valence-electron chi connectivity index (χ0n) is 21.1. The van der Waals surface area contributed by atoms with E-state index in [4.69, 9.17) is 21.7 Å². The first kappa shape index (κ1) is 26.7. The van der Waals surface area contributed by atoms with Crippen LogP contribution in [-0.4, -0.2) is 59.1 Å². The lowest BCUT2D eigenvalue weighted by atomic mass is 10.1. The van der Waals surface area contributed by atoms with Crippen LogP contribution in [0, 0.1) is 0 Å². The van der Waals surface area contributed by atoms with Crippen molar-refractivity contribution >= 4 is 46.5 Å². The minimum Gasteiger partial charge on any atom is -0.497 e. The average Bonchev–Trinajstić information content (AvgIpc) is 3.16. The van der Waals surface area contributed by atoms with Gasteiger partial charge < -0.3 is 19.7 Å².